The van der Waals surface area contributed by atoms with Crippen molar-refractivity contribution in [1.82, 2.24) is 0 Å². The molecule has 0 spiro atoms. The first kappa shape index (κ1) is 24.5. The number of hydrogen-bond donors (Lipinski definition) is 0. The summed E-state index contributed by atoms with van der Waals surface area (Å²) < 4.78 is 7.88. The van der Waals surface area contributed by atoms with Crippen molar-refractivity contribution in [2.45, 2.75) is 12.5 Å². The first-order chi connectivity index (χ1) is 18.6. The summed E-state index contributed by atoms with van der Waals surface area (Å²) in [4.78, 5) is 14.8. The molecular weight excluding hydrogens is 483 g/mol. The van der Waals surface area contributed by atoms with E-state index in [1.54, 1.807) is 0 Å². The van der Waals surface area contributed by atoms with E-state index in [9.17, 15) is 4.79 Å². The number of hydrogen-bond acceptors (Lipinski definition) is 2. The zero-order valence-corrected chi connectivity index (χ0v) is 22.4. The fourth-order valence-electron chi connectivity index (χ4n) is 6.47. The summed E-state index contributed by atoms with van der Waals surface area (Å²) in [5, 5.41) is 3.42. The van der Waals surface area contributed by atoms with Crippen LogP contribution in [0.4, 0.5) is 0 Å². The molecule has 5 aromatic carbocycles. The molecular formula is C35H31O2P. The van der Waals surface area contributed by atoms with Gasteiger partial charge in [0.2, 0.25) is 0 Å². The van der Waals surface area contributed by atoms with E-state index in [4.69, 9.17) is 4.52 Å². The molecule has 0 aromatic heterocycles. The van der Waals surface area contributed by atoms with Crippen LogP contribution in [0.25, 0.3) is 0 Å². The van der Waals surface area contributed by atoms with E-state index in [2.05, 4.69) is 91.9 Å². The molecule has 0 radical (unpaired) electrons. The molecule has 5 aromatic rings. The van der Waals surface area contributed by atoms with Gasteiger partial charge >= 0.3 is 225 Å². The zero-order valence-electron chi connectivity index (χ0n) is 21.5. The molecule has 0 N–H and O–H groups in total. The van der Waals surface area contributed by atoms with E-state index >= 15 is 0 Å². The Morgan fingerprint density at radius 1 is 0.605 bits per heavy atom. The fourth-order valence-corrected chi connectivity index (χ4v) is 13.1. The summed E-state index contributed by atoms with van der Waals surface area (Å²) >= 11 is 0. The number of Topliss-reactive ketones (excluding diaryl/α,β-unsaturated/α-hetero) is 1. The Balaban J connectivity index is 1.75. The minimum absolute atomic E-state index is 0.00564. The molecule has 1 aliphatic heterocycles. The van der Waals surface area contributed by atoms with E-state index in [0.29, 0.717) is 5.56 Å². The van der Waals surface area contributed by atoms with Gasteiger partial charge in [0.05, 0.1) is 0 Å². The van der Waals surface area contributed by atoms with Gasteiger partial charge in [-0.1, -0.05) is 0 Å². The minimum atomic E-state index is -3.64. The Morgan fingerprint density at radius 3 is 1.39 bits per heavy atom. The molecule has 3 heteroatoms. The van der Waals surface area contributed by atoms with Crippen LogP contribution in [0.5, 0.6) is 0 Å². The number of carbonyl (C=O) groups is 1. The number of benzene rings is 5. The van der Waals surface area contributed by atoms with Gasteiger partial charge in [0, 0.05) is 0 Å². The van der Waals surface area contributed by atoms with E-state index in [0.717, 1.165) is 27.6 Å². The summed E-state index contributed by atoms with van der Waals surface area (Å²) in [6, 6.07) is 51.6. The zero-order chi connectivity index (χ0) is 26.1. The molecule has 1 heterocycles. The predicted molar refractivity (Wildman–Crippen MR) is 159 cm³/mol. The van der Waals surface area contributed by atoms with Crippen molar-refractivity contribution in [1.29, 1.82) is 0 Å². The van der Waals surface area contributed by atoms with E-state index in [-0.39, 0.29) is 11.7 Å². The van der Waals surface area contributed by atoms with Crippen LogP contribution >= 0.6 is 6.83 Å². The van der Waals surface area contributed by atoms with Gasteiger partial charge in [-0.2, -0.15) is 0 Å². The predicted octanol–water partition coefficient (Wildman–Crippen LogP) is 6.88. The van der Waals surface area contributed by atoms with E-state index in [1.807, 2.05) is 66.7 Å². The van der Waals surface area contributed by atoms with Crippen molar-refractivity contribution in [3.63, 3.8) is 0 Å². The summed E-state index contributed by atoms with van der Waals surface area (Å²) in [7, 11) is 0. The Labute approximate surface area is 225 Å². The second kappa shape index (κ2) is 9.48. The van der Waals surface area contributed by atoms with Crippen molar-refractivity contribution in [2.24, 2.45) is 5.92 Å². The molecule has 1 fully saturated rings. The van der Waals surface area contributed by atoms with Crippen LogP contribution in [0.15, 0.2) is 152 Å². The first-order valence-corrected chi connectivity index (χ1v) is 15.5. The van der Waals surface area contributed by atoms with Gasteiger partial charge in [-0.3, -0.25) is 0 Å². The van der Waals surface area contributed by atoms with Gasteiger partial charge in [-0.05, 0) is 0 Å². The molecule has 2 atom stereocenters. The number of rotatable bonds is 6. The van der Waals surface area contributed by atoms with Gasteiger partial charge in [0.15, 0.2) is 0 Å². The van der Waals surface area contributed by atoms with Gasteiger partial charge < -0.3 is 0 Å². The Hall–Kier alpha value is -3.84. The third-order valence-electron chi connectivity index (χ3n) is 8.14. The summed E-state index contributed by atoms with van der Waals surface area (Å²) in [6.45, 7) is -1.45. The Kier molecular flexibility index (Phi) is 6.11. The van der Waals surface area contributed by atoms with E-state index in [1.165, 1.54) is 0 Å². The molecule has 1 aliphatic rings. The molecule has 38 heavy (non-hydrogen) atoms. The summed E-state index contributed by atoms with van der Waals surface area (Å²) in [6.07, 6.45) is 0.719. The molecule has 1 saturated heterocycles. The number of ketones is 1. The SMILES string of the molecule is C[C@H]1CP(c2ccccc2)(c2ccccc2)(c2ccccc2)O[C@@]1(C(=O)c1ccccc1)c1ccccc1. The van der Waals surface area contributed by atoms with Gasteiger partial charge in [0.25, 0.3) is 0 Å². The van der Waals surface area contributed by atoms with Crippen LogP contribution in [0.1, 0.15) is 22.8 Å². The third-order valence-corrected chi connectivity index (χ3v) is 14.3. The fraction of sp³-hybridized carbons (Fsp3) is 0.114. The summed E-state index contributed by atoms with van der Waals surface area (Å²) in [5.41, 5.74) is 0.397. The van der Waals surface area contributed by atoms with Crippen molar-refractivity contribution < 1.29 is 9.32 Å². The topological polar surface area (TPSA) is 26.3 Å². The molecule has 0 bridgehead atoms. The second-order valence-electron chi connectivity index (χ2n) is 10.2. The van der Waals surface area contributed by atoms with E-state index < -0.39 is 12.4 Å². The Morgan fingerprint density at radius 2 is 0.974 bits per heavy atom. The first-order valence-electron chi connectivity index (χ1n) is 13.2. The number of carbonyl (C=O) groups excluding carboxylic acids is 1. The van der Waals surface area contributed by atoms with Crippen molar-refractivity contribution >= 4 is 28.5 Å². The quantitative estimate of drug-likeness (QED) is 0.182. The molecule has 188 valence electrons. The average Bonchev–Trinajstić information content (AvgIpc) is 3.31. The maximum atomic E-state index is 14.8. The monoisotopic (exact) mass is 514 g/mol. The van der Waals surface area contributed by atoms with Crippen LogP contribution in [0, 0.1) is 5.92 Å². The molecule has 0 amide bonds. The van der Waals surface area contributed by atoms with Crippen LogP contribution in [-0.4, -0.2) is 11.9 Å². The van der Waals surface area contributed by atoms with Crippen LogP contribution in [0.3, 0.4) is 0 Å². The molecule has 0 aliphatic carbocycles. The van der Waals surface area contributed by atoms with Crippen molar-refractivity contribution in [3.05, 3.63) is 163 Å². The van der Waals surface area contributed by atoms with Crippen LogP contribution in [0.2, 0.25) is 0 Å². The average molecular weight is 515 g/mol. The van der Waals surface area contributed by atoms with Crippen LogP contribution < -0.4 is 15.9 Å². The van der Waals surface area contributed by atoms with Crippen LogP contribution in [-0.2, 0) is 10.1 Å². The summed E-state index contributed by atoms with van der Waals surface area (Å²) in [5.74, 6) is -0.0954. The standard InChI is InChI=1S/C35H31O2P/c1-28-27-38(31-21-11-4-12-22-31,32-23-13-5-14-24-32,33-25-15-6-16-26-33)37-35(28,30-19-9-3-10-20-30)34(36)29-17-7-2-8-18-29/h2-26,28H,27H2,1H3/t28-,35+/m0/s1. The second-order valence-corrected chi connectivity index (χ2v) is 14.7. The van der Waals surface area contributed by atoms with Crippen molar-refractivity contribution in [3.8, 4) is 0 Å². The molecule has 0 unspecified atom stereocenters. The Bertz CT molecular complexity index is 1440. The molecule has 2 nitrogen and oxygen atoms in total. The molecule has 0 saturated carbocycles. The van der Waals surface area contributed by atoms with Crippen molar-refractivity contribution in [2.75, 3.05) is 6.16 Å². The van der Waals surface area contributed by atoms with Gasteiger partial charge in [-0.25, -0.2) is 0 Å². The maximum absolute atomic E-state index is 14.8. The van der Waals surface area contributed by atoms with Gasteiger partial charge in [-0.15, -0.1) is 0 Å². The third kappa shape index (κ3) is 3.45. The van der Waals surface area contributed by atoms with Gasteiger partial charge in [0.1, 0.15) is 0 Å². The molecule has 6 rings (SSSR count). The normalized spacial score (nSPS) is 22.7.